The van der Waals surface area contributed by atoms with Crippen molar-refractivity contribution in [1.29, 1.82) is 5.26 Å². The van der Waals surface area contributed by atoms with Crippen molar-refractivity contribution >= 4 is 15.7 Å². The fourth-order valence-electron chi connectivity index (χ4n) is 1.58. The molecule has 0 N–H and O–H groups in total. The van der Waals surface area contributed by atoms with Gasteiger partial charge >= 0.3 is 0 Å². The predicted octanol–water partition coefficient (Wildman–Crippen LogP) is 1.46. The van der Waals surface area contributed by atoms with Crippen molar-refractivity contribution in [3.8, 4) is 6.07 Å². The summed E-state index contributed by atoms with van der Waals surface area (Å²) in [5.41, 5.74) is 0.372. The van der Waals surface area contributed by atoms with E-state index in [1.54, 1.807) is 0 Å². The van der Waals surface area contributed by atoms with Gasteiger partial charge in [-0.2, -0.15) is 5.26 Å². The maximum atomic E-state index is 12.2. The Kier molecular flexibility index (Phi) is 4.67. The van der Waals surface area contributed by atoms with Gasteiger partial charge in [0.25, 0.3) is 5.91 Å². The third kappa shape index (κ3) is 3.80. The molecule has 102 valence electrons. The van der Waals surface area contributed by atoms with Crippen molar-refractivity contribution in [1.82, 2.24) is 4.90 Å². The number of rotatable bonds is 4. The molecule has 1 aromatic rings. The van der Waals surface area contributed by atoms with E-state index in [1.165, 1.54) is 29.2 Å². The van der Waals surface area contributed by atoms with E-state index < -0.39 is 9.84 Å². The molecule has 6 heteroatoms. The normalized spacial score (nSPS) is 11.1. The molecule has 1 amide bonds. The minimum atomic E-state index is -3.27. The fraction of sp³-hybridized carbons (Fsp3) is 0.385. The minimum absolute atomic E-state index is 0.00429. The molecule has 0 saturated heterocycles. The smallest absolute Gasteiger partial charge is 0.254 e. The highest BCUT2D eigenvalue weighted by molar-refractivity contribution is 7.90. The van der Waals surface area contributed by atoms with Crippen LogP contribution in [0, 0.1) is 11.3 Å². The second-order valence-electron chi connectivity index (χ2n) is 4.48. The first-order chi connectivity index (χ1) is 8.77. The van der Waals surface area contributed by atoms with E-state index >= 15 is 0 Å². The topological polar surface area (TPSA) is 78.2 Å². The molecule has 0 bridgehead atoms. The number of hydrogen-bond donors (Lipinski definition) is 0. The zero-order valence-electron chi connectivity index (χ0n) is 11.1. The van der Waals surface area contributed by atoms with Gasteiger partial charge in [0.2, 0.25) is 0 Å². The van der Waals surface area contributed by atoms with E-state index in [1.807, 2.05) is 19.9 Å². The lowest BCUT2D eigenvalue weighted by Gasteiger charge is -2.23. The monoisotopic (exact) mass is 280 g/mol. The average molecular weight is 280 g/mol. The predicted molar refractivity (Wildman–Crippen MR) is 71.3 cm³/mol. The average Bonchev–Trinajstić information content (AvgIpc) is 2.34. The van der Waals surface area contributed by atoms with Crippen LogP contribution in [0.1, 0.15) is 24.2 Å². The van der Waals surface area contributed by atoms with Crippen molar-refractivity contribution in [3.63, 3.8) is 0 Å². The molecule has 0 spiro atoms. The molecule has 0 unspecified atom stereocenters. The van der Waals surface area contributed by atoms with Crippen molar-refractivity contribution in [2.24, 2.45) is 0 Å². The van der Waals surface area contributed by atoms with Gasteiger partial charge in [0.05, 0.1) is 11.0 Å². The molecule has 0 radical (unpaired) electrons. The van der Waals surface area contributed by atoms with E-state index in [9.17, 15) is 13.2 Å². The number of benzene rings is 1. The van der Waals surface area contributed by atoms with E-state index in [2.05, 4.69) is 0 Å². The number of hydrogen-bond acceptors (Lipinski definition) is 4. The lowest BCUT2D eigenvalue weighted by molar-refractivity contribution is 0.0731. The first-order valence-electron chi connectivity index (χ1n) is 5.75. The molecule has 5 nitrogen and oxygen atoms in total. The third-order valence-electron chi connectivity index (χ3n) is 2.65. The maximum Gasteiger partial charge on any atom is 0.254 e. The first kappa shape index (κ1) is 15.2. The summed E-state index contributed by atoms with van der Waals surface area (Å²) in [5, 5.41) is 8.71. The molecule has 19 heavy (non-hydrogen) atoms. The van der Waals surface area contributed by atoms with Crippen LogP contribution in [-0.2, 0) is 9.84 Å². The van der Waals surface area contributed by atoms with Crippen LogP contribution < -0.4 is 0 Å². The van der Waals surface area contributed by atoms with Crippen LogP contribution in [0.25, 0.3) is 0 Å². The number of nitriles is 1. The molecule has 1 rings (SSSR count). The van der Waals surface area contributed by atoms with Gasteiger partial charge in [-0.05, 0) is 38.1 Å². The second-order valence-corrected chi connectivity index (χ2v) is 6.50. The Morgan fingerprint density at radius 3 is 2.21 bits per heavy atom. The van der Waals surface area contributed by atoms with Crippen molar-refractivity contribution < 1.29 is 13.2 Å². The number of carbonyl (C=O) groups excluding carboxylic acids is 1. The highest BCUT2D eigenvalue weighted by Gasteiger charge is 2.18. The minimum Gasteiger partial charge on any atom is -0.323 e. The lowest BCUT2D eigenvalue weighted by atomic mass is 10.1. The standard InChI is InChI=1S/C13H16N2O3S/c1-10(2)15(9-8-14)13(16)11-4-6-12(7-5-11)19(3,17)18/h4-7,10H,9H2,1-3H3. The molecule has 0 saturated carbocycles. The van der Waals surface area contributed by atoms with Crippen LogP contribution in [0.3, 0.4) is 0 Å². The van der Waals surface area contributed by atoms with E-state index in [4.69, 9.17) is 5.26 Å². The van der Waals surface area contributed by atoms with Gasteiger partial charge in [0, 0.05) is 17.9 Å². The summed E-state index contributed by atoms with van der Waals surface area (Å²) in [6, 6.07) is 7.57. The van der Waals surface area contributed by atoms with Crippen LogP contribution in [-0.4, -0.2) is 38.1 Å². The molecule has 1 aromatic carbocycles. The van der Waals surface area contributed by atoms with E-state index in [0.717, 1.165) is 6.26 Å². The molecule has 0 atom stereocenters. The maximum absolute atomic E-state index is 12.2. The van der Waals surface area contributed by atoms with E-state index in [0.29, 0.717) is 5.56 Å². The Balaban J connectivity index is 3.04. The summed E-state index contributed by atoms with van der Waals surface area (Å²) in [4.78, 5) is 13.8. The Morgan fingerprint density at radius 1 is 1.32 bits per heavy atom. The number of carbonyl (C=O) groups is 1. The Labute approximate surface area is 113 Å². The van der Waals surface area contributed by atoms with Gasteiger partial charge in [-0.25, -0.2) is 8.42 Å². The summed E-state index contributed by atoms with van der Waals surface area (Å²) in [5.74, 6) is -0.281. The van der Waals surface area contributed by atoms with Gasteiger partial charge < -0.3 is 4.90 Å². The number of amides is 1. The quantitative estimate of drug-likeness (QED) is 0.782. The Morgan fingerprint density at radius 2 is 1.84 bits per heavy atom. The Hall–Kier alpha value is -1.87. The van der Waals surface area contributed by atoms with Crippen LogP contribution in [0.5, 0.6) is 0 Å². The summed E-state index contributed by atoms with van der Waals surface area (Å²) in [7, 11) is -3.27. The zero-order valence-corrected chi connectivity index (χ0v) is 11.9. The lowest BCUT2D eigenvalue weighted by Crippen LogP contribution is -2.37. The Bertz CT molecular complexity index is 598. The van der Waals surface area contributed by atoms with Crippen molar-refractivity contribution in [2.45, 2.75) is 24.8 Å². The SMILES string of the molecule is CC(C)N(CC#N)C(=O)c1ccc(S(C)(=O)=O)cc1. The van der Waals surface area contributed by atoms with Crippen LogP contribution in [0.15, 0.2) is 29.2 Å². The van der Waals surface area contributed by atoms with Crippen LogP contribution in [0.2, 0.25) is 0 Å². The molecule has 0 heterocycles. The summed E-state index contributed by atoms with van der Waals surface area (Å²) in [6.07, 6.45) is 1.11. The van der Waals surface area contributed by atoms with E-state index in [-0.39, 0.29) is 23.4 Å². The second kappa shape index (κ2) is 5.85. The molecule has 0 aliphatic carbocycles. The summed E-state index contributed by atoms with van der Waals surface area (Å²) < 4.78 is 22.6. The van der Waals surface area contributed by atoms with Gasteiger partial charge in [0.1, 0.15) is 6.54 Å². The molecule has 0 aromatic heterocycles. The third-order valence-corrected chi connectivity index (χ3v) is 3.78. The summed E-state index contributed by atoms with van der Waals surface area (Å²) in [6.45, 7) is 3.64. The fourth-order valence-corrected chi connectivity index (χ4v) is 2.21. The van der Waals surface area contributed by atoms with Gasteiger partial charge in [-0.3, -0.25) is 4.79 Å². The first-order valence-corrected chi connectivity index (χ1v) is 7.64. The highest BCUT2D eigenvalue weighted by atomic mass is 32.2. The number of sulfone groups is 1. The van der Waals surface area contributed by atoms with Gasteiger partial charge in [0.15, 0.2) is 9.84 Å². The van der Waals surface area contributed by atoms with Crippen LogP contribution in [0.4, 0.5) is 0 Å². The van der Waals surface area contributed by atoms with Gasteiger partial charge in [-0.15, -0.1) is 0 Å². The molecular weight excluding hydrogens is 264 g/mol. The van der Waals surface area contributed by atoms with Crippen molar-refractivity contribution in [2.75, 3.05) is 12.8 Å². The highest BCUT2D eigenvalue weighted by Crippen LogP contribution is 2.13. The van der Waals surface area contributed by atoms with Crippen LogP contribution >= 0.6 is 0 Å². The summed E-state index contributed by atoms with van der Waals surface area (Å²) >= 11 is 0. The number of nitrogens with zero attached hydrogens (tertiary/aromatic N) is 2. The molecular formula is C13H16N2O3S. The molecule has 0 fully saturated rings. The largest absolute Gasteiger partial charge is 0.323 e. The molecule has 0 aliphatic rings. The van der Waals surface area contributed by atoms with Gasteiger partial charge in [-0.1, -0.05) is 0 Å². The zero-order chi connectivity index (χ0) is 14.6. The molecule has 0 aliphatic heterocycles. The van der Waals surface area contributed by atoms with Crippen molar-refractivity contribution in [3.05, 3.63) is 29.8 Å².